The van der Waals surface area contributed by atoms with Crippen molar-refractivity contribution in [2.45, 2.75) is 18.6 Å². The van der Waals surface area contributed by atoms with Gasteiger partial charge < -0.3 is 10.6 Å². The molecule has 0 radical (unpaired) electrons. The number of rotatable bonds is 6. The van der Waals surface area contributed by atoms with Crippen molar-refractivity contribution in [3.63, 3.8) is 0 Å². The van der Waals surface area contributed by atoms with Crippen molar-refractivity contribution in [3.8, 4) is 44.5 Å². The van der Waals surface area contributed by atoms with Crippen molar-refractivity contribution in [2.24, 2.45) is 15.0 Å². The Bertz CT molecular complexity index is 2810. The van der Waals surface area contributed by atoms with Gasteiger partial charge in [-0.15, -0.1) is 0 Å². The molecule has 266 valence electrons. The summed E-state index contributed by atoms with van der Waals surface area (Å²) in [5.74, 6) is 1.49. The Kier molecular flexibility index (Phi) is 7.69. The predicted octanol–water partition coefficient (Wildman–Crippen LogP) is 11.2. The minimum atomic E-state index is -0.307. The maximum Gasteiger partial charge on any atom is 0.160 e. The van der Waals surface area contributed by atoms with Crippen molar-refractivity contribution in [2.75, 3.05) is 6.54 Å². The fourth-order valence-electron chi connectivity index (χ4n) is 8.92. The number of nitrogens with one attached hydrogen (secondary N) is 2. The fraction of sp³-hybridized carbons (Fsp3) is 0.0784. The Balaban J connectivity index is 1.12. The predicted molar refractivity (Wildman–Crippen MR) is 233 cm³/mol. The quantitative estimate of drug-likeness (QED) is 0.180. The first-order valence-corrected chi connectivity index (χ1v) is 19.4. The van der Waals surface area contributed by atoms with Crippen LogP contribution in [0.25, 0.3) is 66.1 Å². The number of aliphatic imine (C=N–C) groups is 3. The smallest absolute Gasteiger partial charge is 0.160 e. The molecule has 56 heavy (non-hydrogen) atoms. The highest BCUT2D eigenvalue weighted by Crippen LogP contribution is 2.58. The zero-order chi connectivity index (χ0) is 37.0. The molecule has 7 aromatic carbocycles. The summed E-state index contributed by atoms with van der Waals surface area (Å²) in [5, 5.41) is 12.0. The summed E-state index contributed by atoms with van der Waals surface area (Å²) in [6.45, 7) is 0.832. The van der Waals surface area contributed by atoms with Crippen molar-refractivity contribution >= 4 is 39.4 Å². The molecule has 2 N–H and O–H groups in total. The molecule has 0 saturated carbocycles. The first kappa shape index (κ1) is 32.3. The number of dihydropyridines is 2. The van der Waals surface area contributed by atoms with Gasteiger partial charge in [-0.2, -0.15) is 0 Å². The number of amidine groups is 2. The highest BCUT2D eigenvalue weighted by molar-refractivity contribution is 6.30. The average molecular weight is 720 g/mol. The van der Waals surface area contributed by atoms with Gasteiger partial charge in [0, 0.05) is 29.6 Å². The van der Waals surface area contributed by atoms with E-state index in [1.165, 1.54) is 60.7 Å². The number of hydrogen-bond acceptors (Lipinski definition) is 5. The van der Waals surface area contributed by atoms with Crippen molar-refractivity contribution < 1.29 is 0 Å². The van der Waals surface area contributed by atoms with Crippen LogP contribution >= 0.6 is 0 Å². The van der Waals surface area contributed by atoms with Gasteiger partial charge in [-0.05, 0) is 90.2 Å². The van der Waals surface area contributed by atoms with E-state index in [1.807, 2.05) is 12.3 Å². The van der Waals surface area contributed by atoms with Gasteiger partial charge >= 0.3 is 0 Å². The third-order valence-electron chi connectivity index (χ3n) is 11.4. The maximum absolute atomic E-state index is 5.33. The van der Waals surface area contributed by atoms with Crippen LogP contribution in [0.2, 0.25) is 0 Å². The molecule has 1 aliphatic carbocycles. The van der Waals surface area contributed by atoms with E-state index < -0.39 is 0 Å². The van der Waals surface area contributed by atoms with E-state index in [0.717, 1.165) is 46.6 Å². The second-order valence-electron chi connectivity index (χ2n) is 14.7. The lowest BCUT2D eigenvalue weighted by molar-refractivity contribution is 0.671. The van der Waals surface area contributed by atoms with Gasteiger partial charge in [0.05, 0.1) is 6.04 Å². The van der Waals surface area contributed by atoms with Crippen LogP contribution in [-0.4, -0.2) is 30.5 Å². The van der Waals surface area contributed by atoms with Crippen molar-refractivity contribution in [1.82, 2.24) is 10.6 Å². The summed E-state index contributed by atoms with van der Waals surface area (Å²) in [4.78, 5) is 15.6. The van der Waals surface area contributed by atoms with Crippen LogP contribution in [0.15, 0.2) is 196 Å². The molecule has 4 aliphatic rings. The molecule has 5 heteroatoms. The molecule has 0 bridgehead atoms. The number of benzene rings is 7. The Morgan fingerprint density at radius 2 is 1.20 bits per heavy atom. The summed E-state index contributed by atoms with van der Waals surface area (Å²) in [6, 6.07) is 52.4. The van der Waals surface area contributed by atoms with E-state index in [9.17, 15) is 0 Å². The lowest BCUT2D eigenvalue weighted by atomic mass is 9.82. The molecular weight excluding hydrogens is 683 g/mol. The molecular formula is C51H37N5. The minimum Gasteiger partial charge on any atom is -0.383 e. The Labute approximate surface area is 325 Å². The van der Waals surface area contributed by atoms with E-state index in [1.54, 1.807) is 0 Å². The molecule has 5 nitrogen and oxygen atoms in total. The van der Waals surface area contributed by atoms with E-state index in [-0.39, 0.29) is 12.2 Å². The normalized spacial score (nSPS) is 18.1. The van der Waals surface area contributed by atoms with Crippen LogP contribution < -0.4 is 10.6 Å². The molecule has 3 aliphatic heterocycles. The third-order valence-corrected chi connectivity index (χ3v) is 11.4. The van der Waals surface area contributed by atoms with Gasteiger partial charge in [-0.25, -0.2) is 9.98 Å². The Morgan fingerprint density at radius 1 is 0.571 bits per heavy atom. The number of allylic oxidation sites excluding steroid dienone is 2. The summed E-state index contributed by atoms with van der Waals surface area (Å²) in [6.07, 6.45) is 11.1. The first-order chi connectivity index (χ1) is 27.8. The summed E-state index contributed by atoms with van der Waals surface area (Å²) < 4.78 is 0. The fourth-order valence-corrected chi connectivity index (χ4v) is 8.92. The van der Waals surface area contributed by atoms with Gasteiger partial charge in [0.2, 0.25) is 0 Å². The molecule has 7 aromatic rings. The van der Waals surface area contributed by atoms with Gasteiger partial charge in [0.1, 0.15) is 12.0 Å². The van der Waals surface area contributed by atoms with E-state index in [2.05, 4.69) is 174 Å². The molecule has 0 spiro atoms. The number of hydrogen-bond donors (Lipinski definition) is 2. The van der Waals surface area contributed by atoms with Crippen LogP contribution in [0.1, 0.15) is 23.7 Å². The van der Waals surface area contributed by atoms with E-state index in [4.69, 9.17) is 15.0 Å². The highest BCUT2D eigenvalue weighted by atomic mass is 15.2. The summed E-state index contributed by atoms with van der Waals surface area (Å²) in [5.41, 5.74) is 14.2. The molecule has 11 rings (SSSR count). The first-order valence-electron chi connectivity index (χ1n) is 19.4. The maximum atomic E-state index is 5.33. The minimum absolute atomic E-state index is 0.0716. The molecule has 0 saturated heterocycles. The van der Waals surface area contributed by atoms with Gasteiger partial charge in [-0.1, -0.05) is 158 Å². The third kappa shape index (κ3) is 5.27. The molecule has 0 aromatic heterocycles. The van der Waals surface area contributed by atoms with Crippen LogP contribution in [0.5, 0.6) is 0 Å². The largest absolute Gasteiger partial charge is 0.383 e. The zero-order valence-electron chi connectivity index (χ0n) is 30.7. The second kappa shape index (κ2) is 13.3. The molecule has 0 fully saturated rings. The van der Waals surface area contributed by atoms with Crippen LogP contribution in [-0.2, 0) is 0 Å². The average Bonchev–Trinajstić information content (AvgIpc) is 3.61. The summed E-state index contributed by atoms with van der Waals surface area (Å²) >= 11 is 0. The molecule has 2 atom stereocenters. The second-order valence-corrected chi connectivity index (χ2v) is 14.7. The zero-order valence-corrected chi connectivity index (χ0v) is 30.7. The van der Waals surface area contributed by atoms with Gasteiger partial charge in [-0.3, -0.25) is 4.99 Å². The number of fused-ring (bicyclic) bond motifs is 4. The topological polar surface area (TPSA) is 61.1 Å². The monoisotopic (exact) mass is 719 g/mol. The van der Waals surface area contributed by atoms with E-state index >= 15 is 0 Å². The SMILES string of the molecule is C1=CCNC(C2CC=C(C3=NC(c4ccc5c6c(cccc46)-c4c-5c(-c5ccccc5)c5ccccc5c4-c4ccccc4)=NC(c4ccccc4)N3)C=N2)=C1. The van der Waals surface area contributed by atoms with Crippen molar-refractivity contribution in [1.29, 1.82) is 0 Å². The van der Waals surface area contributed by atoms with Crippen LogP contribution in [0, 0.1) is 0 Å². The molecule has 3 heterocycles. The Morgan fingerprint density at radius 3 is 1.84 bits per heavy atom. The van der Waals surface area contributed by atoms with Gasteiger partial charge in [0.25, 0.3) is 0 Å². The van der Waals surface area contributed by atoms with Crippen LogP contribution in [0.4, 0.5) is 0 Å². The van der Waals surface area contributed by atoms with E-state index in [0.29, 0.717) is 5.84 Å². The van der Waals surface area contributed by atoms with Crippen molar-refractivity contribution in [3.05, 3.63) is 192 Å². The van der Waals surface area contributed by atoms with Crippen LogP contribution in [0.3, 0.4) is 0 Å². The Hall–Kier alpha value is -7.11. The van der Waals surface area contributed by atoms with Gasteiger partial charge in [0.15, 0.2) is 5.84 Å². The highest BCUT2D eigenvalue weighted by Gasteiger charge is 2.32. The lowest BCUT2D eigenvalue weighted by Crippen LogP contribution is -2.35. The standard InChI is InChI=1S/C51H37N5/c1-4-15-32(16-5-1)44-36-21-10-11-22-37(36)45(33-17-6-2-7-18-33)48-41-28-27-39(38-23-14-24-40(46(38)41)47(44)48)51-55-49(34-19-8-3-9-20-34)54-50(56-51)35-26-29-43(53-31-35)42-25-12-13-30-52-42/h1-28,31,43,49,52H,29-30H2,(H,54,55,56). The molecule has 2 unspecified atom stereocenters. The summed E-state index contributed by atoms with van der Waals surface area (Å²) in [7, 11) is 0. The number of nitrogens with zero attached hydrogens (tertiary/aromatic N) is 3. The lowest BCUT2D eigenvalue weighted by Gasteiger charge is -2.26. The molecule has 0 amide bonds.